The molecular weight excluding hydrogens is 316 g/mol. The molecule has 110 valence electrons. The van der Waals surface area contributed by atoms with Gasteiger partial charge >= 0.3 is 0 Å². The summed E-state index contributed by atoms with van der Waals surface area (Å²) >= 11 is 3.39. The number of hydrogen-bond acceptors (Lipinski definition) is 2. The molecule has 4 heteroatoms. The lowest BCUT2D eigenvalue weighted by Gasteiger charge is -2.24. The van der Waals surface area contributed by atoms with Gasteiger partial charge in [0.15, 0.2) is 0 Å². The Morgan fingerprint density at radius 3 is 2.55 bits per heavy atom. The minimum Gasteiger partial charge on any atom is -0.354 e. The Hall–Kier alpha value is -0.870. The second-order valence-corrected chi connectivity index (χ2v) is 6.82. The average molecular weight is 339 g/mol. The van der Waals surface area contributed by atoms with Gasteiger partial charge in [0.2, 0.25) is 5.91 Å². The van der Waals surface area contributed by atoms with Crippen molar-refractivity contribution in [3.05, 3.63) is 34.3 Å². The smallest absolute Gasteiger partial charge is 0.244 e. The first-order valence-corrected chi connectivity index (χ1v) is 8.12. The van der Waals surface area contributed by atoms with Gasteiger partial charge in [0.25, 0.3) is 0 Å². The topological polar surface area (TPSA) is 55.1 Å². The van der Waals surface area contributed by atoms with Crippen LogP contribution in [0.15, 0.2) is 28.7 Å². The van der Waals surface area contributed by atoms with E-state index in [1.165, 1.54) is 25.7 Å². The lowest BCUT2D eigenvalue weighted by Crippen LogP contribution is -2.49. The Balaban J connectivity index is 1.87. The van der Waals surface area contributed by atoms with Gasteiger partial charge in [-0.2, -0.15) is 0 Å². The molecule has 1 unspecified atom stereocenters. The van der Waals surface area contributed by atoms with Crippen LogP contribution in [0.5, 0.6) is 0 Å². The molecular formula is C16H23BrN2O. The maximum absolute atomic E-state index is 12.3. The summed E-state index contributed by atoms with van der Waals surface area (Å²) in [5.74, 6) is 0.685. The van der Waals surface area contributed by atoms with Crippen LogP contribution in [0.25, 0.3) is 0 Å². The highest BCUT2D eigenvalue weighted by Gasteiger charge is 2.30. The Labute approximate surface area is 129 Å². The van der Waals surface area contributed by atoms with Gasteiger partial charge in [-0.1, -0.05) is 53.7 Å². The third-order valence-corrected chi connectivity index (χ3v) is 4.76. The minimum absolute atomic E-state index is 0.0992. The first kappa shape index (κ1) is 15.5. The summed E-state index contributed by atoms with van der Waals surface area (Å²) in [5.41, 5.74) is 6.06. The lowest BCUT2D eigenvalue weighted by molar-refractivity contribution is -0.126. The molecule has 1 fully saturated rings. The molecule has 0 bridgehead atoms. The SMILES string of the molecule is CC(N)(C(=O)NCCC1CCCC1)c1ccc(Br)cc1. The largest absolute Gasteiger partial charge is 0.354 e. The van der Waals surface area contributed by atoms with Crippen molar-refractivity contribution in [3.8, 4) is 0 Å². The number of rotatable bonds is 5. The monoisotopic (exact) mass is 338 g/mol. The van der Waals surface area contributed by atoms with Crippen LogP contribution in [0.2, 0.25) is 0 Å². The fraction of sp³-hybridized carbons (Fsp3) is 0.562. The van der Waals surface area contributed by atoms with Crippen LogP contribution in [0.3, 0.4) is 0 Å². The molecule has 1 aromatic carbocycles. The first-order chi connectivity index (χ1) is 9.50. The molecule has 3 N–H and O–H groups in total. The van der Waals surface area contributed by atoms with Crippen molar-refractivity contribution in [2.24, 2.45) is 11.7 Å². The minimum atomic E-state index is -0.976. The maximum atomic E-state index is 12.3. The van der Waals surface area contributed by atoms with Gasteiger partial charge in [0, 0.05) is 11.0 Å². The van der Waals surface area contributed by atoms with Crippen LogP contribution in [0, 0.1) is 5.92 Å². The van der Waals surface area contributed by atoms with Gasteiger partial charge in [-0.25, -0.2) is 0 Å². The van der Waals surface area contributed by atoms with E-state index in [0.717, 1.165) is 28.9 Å². The van der Waals surface area contributed by atoms with Crippen LogP contribution in [0.1, 0.15) is 44.6 Å². The van der Waals surface area contributed by atoms with E-state index in [0.29, 0.717) is 0 Å². The van der Waals surface area contributed by atoms with E-state index < -0.39 is 5.54 Å². The van der Waals surface area contributed by atoms with Crippen LogP contribution in [-0.2, 0) is 10.3 Å². The number of nitrogens with two attached hydrogens (primary N) is 1. The molecule has 0 saturated heterocycles. The average Bonchev–Trinajstić information content (AvgIpc) is 2.92. The highest BCUT2D eigenvalue weighted by Crippen LogP contribution is 2.27. The quantitative estimate of drug-likeness (QED) is 0.865. The van der Waals surface area contributed by atoms with Gasteiger partial charge in [0.1, 0.15) is 5.54 Å². The number of carbonyl (C=O) groups excluding carboxylic acids is 1. The van der Waals surface area contributed by atoms with Crippen LogP contribution >= 0.6 is 15.9 Å². The summed E-state index contributed by atoms with van der Waals surface area (Å²) in [4.78, 5) is 12.3. The highest BCUT2D eigenvalue weighted by atomic mass is 79.9. The van der Waals surface area contributed by atoms with E-state index in [4.69, 9.17) is 5.73 Å². The summed E-state index contributed by atoms with van der Waals surface area (Å²) in [7, 11) is 0. The Bertz CT molecular complexity index is 450. The van der Waals surface area contributed by atoms with E-state index in [9.17, 15) is 4.79 Å². The zero-order chi connectivity index (χ0) is 14.6. The number of nitrogens with one attached hydrogen (secondary N) is 1. The van der Waals surface area contributed by atoms with E-state index in [-0.39, 0.29) is 5.91 Å². The number of amides is 1. The molecule has 2 rings (SSSR count). The molecule has 1 aliphatic rings. The summed E-state index contributed by atoms with van der Waals surface area (Å²) in [6, 6.07) is 7.60. The third-order valence-electron chi connectivity index (χ3n) is 4.23. The molecule has 1 atom stereocenters. The van der Waals surface area contributed by atoms with Crippen LogP contribution < -0.4 is 11.1 Å². The molecule has 1 amide bonds. The van der Waals surface area contributed by atoms with E-state index >= 15 is 0 Å². The molecule has 3 nitrogen and oxygen atoms in total. The fourth-order valence-electron chi connectivity index (χ4n) is 2.80. The Morgan fingerprint density at radius 1 is 1.35 bits per heavy atom. The molecule has 0 heterocycles. The van der Waals surface area contributed by atoms with Gasteiger partial charge in [0.05, 0.1) is 0 Å². The normalized spacial score (nSPS) is 18.8. The van der Waals surface area contributed by atoms with Crippen molar-refractivity contribution < 1.29 is 4.79 Å². The molecule has 1 saturated carbocycles. The predicted molar refractivity (Wildman–Crippen MR) is 85.3 cm³/mol. The zero-order valence-electron chi connectivity index (χ0n) is 12.0. The Kier molecular flexibility index (Phi) is 5.22. The first-order valence-electron chi connectivity index (χ1n) is 7.33. The van der Waals surface area contributed by atoms with Crippen molar-refractivity contribution in [3.63, 3.8) is 0 Å². The molecule has 0 aliphatic heterocycles. The summed E-state index contributed by atoms with van der Waals surface area (Å²) in [6.45, 7) is 2.49. The number of benzene rings is 1. The summed E-state index contributed by atoms with van der Waals surface area (Å²) in [5, 5.41) is 2.99. The van der Waals surface area contributed by atoms with Crippen LogP contribution in [-0.4, -0.2) is 12.5 Å². The van der Waals surface area contributed by atoms with Crippen molar-refractivity contribution in [1.29, 1.82) is 0 Å². The van der Waals surface area contributed by atoms with Gasteiger partial charge in [-0.15, -0.1) is 0 Å². The van der Waals surface area contributed by atoms with E-state index in [1.54, 1.807) is 6.92 Å². The molecule has 1 aromatic rings. The second-order valence-electron chi connectivity index (χ2n) is 5.90. The molecule has 0 spiro atoms. The fourth-order valence-corrected chi connectivity index (χ4v) is 3.06. The molecule has 0 radical (unpaired) electrons. The Morgan fingerprint density at radius 2 is 1.95 bits per heavy atom. The van der Waals surface area contributed by atoms with Crippen molar-refractivity contribution in [1.82, 2.24) is 5.32 Å². The predicted octanol–water partition coefficient (Wildman–Crippen LogP) is 3.32. The van der Waals surface area contributed by atoms with Gasteiger partial charge < -0.3 is 11.1 Å². The standard InChI is InChI=1S/C16H23BrN2O/c1-16(18,13-6-8-14(17)9-7-13)15(20)19-11-10-12-4-2-3-5-12/h6-9,12H,2-5,10-11,18H2,1H3,(H,19,20). The number of hydrogen-bond donors (Lipinski definition) is 2. The van der Waals surface area contributed by atoms with E-state index in [1.807, 2.05) is 24.3 Å². The van der Waals surface area contributed by atoms with Crippen LogP contribution in [0.4, 0.5) is 0 Å². The van der Waals surface area contributed by atoms with Gasteiger partial charge in [-0.3, -0.25) is 4.79 Å². The van der Waals surface area contributed by atoms with Gasteiger partial charge in [-0.05, 0) is 37.0 Å². The lowest BCUT2D eigenvalue weighted by atomic mass is 9.92. The summed E-state index contributed by atoms with van der Waals surface area (Å²) < 4.78 is 0.985. The molecule has 0 aromatic heterocycles. The second kappa shape index (κ2) is 6.72. The third kappa shape index (κ3) is 3.83. The molecule has 1 aliphatic carbocycles. The maximum Gasteiger partial charge on any atom is 0.244 e. The highest BCUT2D eigenvalue weighted by molar-refractivity contribution is 9.10. The zero-order valence-corrected chi connectivity index (χ0v) is 13.6. The van der Waals surface area contributed by atoms with Crippen molar-refractivity contribution in [2.75, 3.05) is 6.54 Å². The number of halogens is 1. The van der Waals surface area contributed by atoms with Crippen molar-refractivity contribution in [2.45, 2.75) is 44.6 Å². The molecule has 20 heavy (non-hydrogen) atoms. The number of carbonyl (C=O) groups is 1. The van der Waals surface area contributed by atoms with E-state index in [2.05, 4.69) is 21.2 Å². The van der Waals surface area contributed by atoms with Crippen molar-refractivity contribution >= 4 is 21.8 Å². The summed E-state index contributed by atoms with van der Waals surface area (Å²) in [6.07, 6.45) is 6.37.